The average Bonchev–Trinajstić information content (AvgIpc) is 2.86. The standard InChI is InChI=1S/C28H24N6O2/c1-15-23(29)13-17-5-3-7-21(25(17)31-15)27(35)33-19-9-11-20(12-10-19)34-28(36)22-8-4-6-18-14-24(30)16(2)32-26(18)22/h3-14H,29-30H2,1-2H3,(H,33,35)(H,34,36). The number of carbonyl (C=O) groups is 2. The van der Waals surface area contributed by atoms with Gasteiger partial charge in [-0.3, -0.25) is 19.6 Å². The van der Waals surface area contributed by atoms with Crippen LogP contribution in [-0.4, -0.2) is 21.8 Å². The van der Waals surface area contributed by atoms with E-state index in [1.807, 2.05) is 24.3 Å². The van der Waals surface area contributed by atoms with Crippen molar-refractivity contribution in [2.75, 3.05) is 22.1 Å². The maximum Gasteiger partial charge on any atom is 0.257 e. The molecule has 0 aliphatic heterocycles. The first-order valence-corrected chi connectivity index (χ1v) is 11.3. The molecule has 36 heavy (non-hydrogen) atoms. The summed E-state index contributed by atoms with van der Waals surface area (Å²) in [5, 5.41) is 7.37. The maximum atomic E-state index is 13.0. The number of amides is 2. The topological polar surface area (TPSA) is 136 Å². The van der Waals surface area contributed by atoms with E-state index in [0.29, 0.717) is 56.3 Å². The van der Waals surface area contributed by atoms with Gasteiger partial charge in [-0.15, -0.1) is 0 Å². The fraction of sp³-hybridized carbons (Fsp3) is 0.0714. The number of nitrogens with one attached hydrogen (secondary N) is 2. The highest BCUT2D eigenvalue weighted by molar-refractivity contribution is 6.13. The Hall–Kier alpha value is -4.98. The summed E-state index contributed by atoms with van der Waals surface area (Å²) in [5.74, 6) is -0.573. The quantitative estimate of drug-likeness (QED) is 0.286. The van der Waals surface area contributed by atoms with Crippen LogP contribution in [0.25, 0.3) is 21.8 Å². The van der Waals surface area contributed by atoms with Gasteiger partial charge in [-0.05, 0) is 62.4 Å². The van der Waals surface area contributed by atoms with E-state index in [-0.39, 0.29) is 11.8 Å². The molecule has 0 aliphatic rings. The van der Waals surface area contributed by atoms with Gasteiger partial charge in [0.15, 0.2) is 0 Å². The number of carbonyl (C=O) groups excluding carboxylic acids is 2. The largest absolute Gasteiger partial charge is 0.397 e. The van der Waals surface area contributed by atoms with E-state index in [1.54, 1.807) is 62.4 Å². The molecule has 0 bridgehead atoms. The zero-order chi connectivity index (χ0) is 25.4. The minimum Gasteiger partial charge on any atom is -0.397 e. The molecule has 0 saturated carbocycles. The number of nitrogens with zero attached hydrogens (tertiary/aromatic N) is 2. The summed E-state index contributed by atoms with van der Waals surface area (Å²) >= 11 is 0. The monoisotopic (exact) mass is 476 g/mol. The Balaban J connectivity index is 1.34. The lowest BCUT2D eigenvalue weighted by Gasteiger charge is -2.11. The molecule has 2 aromatic heterocycles. The van der Waals surface area contributed by atoms with E-state index in [1.165, 1.54) is 0 Å². The Bertz CT molecular complexity index is 1540. The molecule has 0 radical (unpaired) electrons. The molecule has 2 amide bonds. The summed E-state index contributed by atoms with van der Waals surface area (Å²) < 4.78 is 0. The zero-order valence-electron chi connectivity index (χ0n) is 19.8. The summed E-state index contributed by atoms with van der Waals surface area (Å²) in [5.41, 5.74) is 17.7. The molecule has 0 spiro atoms. The van der Waals surface area contributed by atoms with Crippen molar-refractivity contribution in [3.63, 3.8) is 0 Å². The molecule has 5 aromatic rings. The second-order valence-electron chi connectivity index (χ2n) is 8.57. The van der Waals surface area contributed by atoms with Crippen LogP contribution >= 0.6 is 0 Å². The number of rotatable bonds is 4. The first-order chi connectivity index (χ1) is 17.3. The van der Waals surface area contributed by atoms with Crippen LogP contribution in [0.15, 0.2) is 72.8 Å². The van der Waals surface area contributed by atoms with Crippen molar-refractivity contribution >= 4 is 56.4 Å². The van der Waals surface area contributed by atoms with Crippen LogP contribution in [0.2, 0.25) is 0 Å². The van der Waals surface area contributed by atoms with Gasteiger partial charge in [0.25, 0.3) is 11.8 Å². The molecular weight excluding hydrogens is 452 g/mol. The molecule has 178 valence electrons. The number of nitrogen functional groups attached to an aromatic ring is 2. The fourth-order valence-corrected chi connectivity index (χ4v) is 4.01. The third-order valence-corrected chi connectivity index (χ3v) is 6.04. The number of benzene rings is 3. The van der Waals surface area contributed by atoms with E-state index in [2.05, 4.69) is 20.6 Å². The van der Waals surface area contributed by atoms with Crippen molar-refractivity contribution in [1.82, 2.24) is 9.97 Å². The third-order valence-electron chi connectivity index (χ3n) is 6.04. The van der Waals surface area contributed by atoms with Gasteiger partial charge in [0, 0.05) is 22.1 Å². The number of para-hydroxylation sites is 2. The summed E-state index contributed by atoms with van der Waals surface area (Å²) in [7, 11) is 0. The second-order valence-corrected chi connectivity index (χ2v) is 8.57. The highest BCUT2D eigenvalue weighted by atomic mass is 16.2. The molecule has 0 atom stereocenters. The van der Waals surface area contributed by atoms with Crippen LogP contribution in [0.3, 0.4) is 0 Å². The number of pyridine rings is 2. The molecule has 3 aromatic carbocycles. The van der Waals surface area contributed by atoms with Crippen LogP contribution in [0.5, 0.6) is 0 Å². The Morgan fingerprint density at radius 2 is 1.03 bits per heavy atom. The summed E-state index contributed by atoms with van der Waals surface area (Å²) in [4.78, 5) is 35.0. The second kappa shape index (κ2) is 8.99. The van der Waals surface area contributed by atoms with Crippen molar-refractivity contribution in [1.29, 1.82) is 0 Å². The molecule has 8 nitrogen and oxygen atoms in total. The van der Waals surface area contributed by atoms with Crippen molar-refractivity contribution in [3.05, 3.63) is 95.3 Å². The van der Waals surface area contributed by atoms with Crippen molar-refractivity contribution < 1.29 is 9.59 Å². The molecule has 5 rings (SSSR count). The zero-order valence-corrected chi connectivity index (χ0v) is 19.8. The van der Waals surface area contributed by atoms with Crippen molar-refractivity contribution in [2.24, 2.45) is 0 Å². The van der Waals surface area contributed by atoms with Crippen LogP contribution in [0, 0.1) is 13.8 Å². The smallest absolute Gasteiger partial charge is 0.257 e. The van der Waals surface area contributed by atoms with Crippen molar-refractivity contribution in [2.45, 2.75) is 13.8 Å². The number of nitrogens with two attached hydrogens (primary N) is 2. The summed E-state index contributed by atoms with van der Waals surface area (Å²) in [6.45, 7) is 3.61. The van der Waals surface area contributed by atoms with E-state index < -0.39 is 0 Å². The average molecular weight is 477 g/mol. The van der Waals surface area contributed by atoms with Gasteiger partial charge in [0.2, 0.25) is 0 Å². The van der Waals surface area contributed by atoms with Gasteiger partial charge in [-0.2, -0.15) is 0 Å². The fourth-order valence-electron chi connectivity index (χ4n) is 4.01. The lowest BCUT2D eigenvalue weighted by molar-refractivity contribution is 0.101. The van der Waals surface area contributed by atoms with Gasteiger partial charge in [-0.25, -0.2) is 0 Å². The number of aromatic nitrogens is 2. The highest BCUT2D eigenvalue weighted by Gasteiger charge is 2.15. The van der Waals surface area contributed by atoms with E-state index in [0.717, 1.165) is 10.8 Å². The summed E-state index contributed by atoms with van der Waals surface area (Å²) in [6, 6.07) is 21.3. The number of fused-ring (bicyclic) bond motifs is 2. The Kier molecular flexibility index (Phi) is 5.69. The van der Waals surface area contributed by atoms with Crippen LogP contribution in [0.4, 0.5) is 22.7 Å². The minimum absolute atomic E-state index is 0.287. The van der Waals surface area contributed by atoms with Crippen LogP contribution < -0.4 is 22.1 Å². The molecule has 0 saturated heterocycles. The van der Waals surface area contributed by atoms with Crippen molar-refractivity contribution in [3.8, 4) is 0 Å². The SMILES string of the molecule is Cc1nc2c(C(=O)Nc3ccc(NC(=O)c4cccc5cc(N)c(C)nc45)cc3)cccc2cc1N. The Labute approximate surface area is 207 Å². The lowest BCUT2D eigenvalue weighted by Crippen LogP contribution is -2.14. The predicted octanol–water partition coefficient (Wildman–Crippen LogP) is 5.07. The lowest BCUT2D eigenvalue weighted by atomic mass is 10.1. The molecule has 8 heteroatoms. The van der Waals surface area contributed by atoms with E-state index in [9.17, 15) is 9.59 Å². The Morgan fingerprint density at radius 3 is 1.42 bits per heavy atom. The van der Waals surface area contributed by atoms with Gasteiger partial charge < -0.3 is 22.1 Å². The van der Waals surface area contributed by atoms with Gasteiger partial charge >= 0.3 is 0 Å². The van der Waals surface area contributed by atoms with Gasteiger partial charge in [-0.1, -0.05) is 24.3 Å². The van der Waals surface area contributed by atoms with Gasteiger partial charge in [0.1, 0.15) is 0 Å². The molecule has 0 unspecified atom stereocenters. The number of aryl methyl sites for hydroxylation is 2. The molecule has 6 N–H and O–H groups in total. The van der Waals surface area contributed by atoms with Crippen LogP contribution in [0.1, 0.15) is 32.1 Å². The van der Waals surface area contributed by atoms with Gasteiger partial charge in [0.05, 0.1) is 44.9 Å². The van der Waals surface area contributed by atoms with Crippen LogP contribution in [-0.2, 0) is 0 Å². The maximum absolute atomic E-state index is 13.0. The number of hydrogen-bond donors (Lipinski definition) is 4. The normalized spacial score (nSPS) is 10.9. The molecular formula is C28H24N6O2. The minimum atomic E-state index is -0.287. The van der Waals surface area contributed by atoms with E-state index >= 15 is 0 Å². The molecule has 2 heterocycles. The third kappa shape index (κ3) is 4.27. The predicted molar refractivity (Wildman–Crippen MR) is 144 cm³/mol. The number of hydrogen-bond acceptors (Lipinski definition) is 6. The van der Waals surface area contributed by atoms with E-state index in [4.69, 9.17) is 11.5 Å². The highest BCUT2D eigenvalue weighted by Crippen LogP contribution is 2.24. The Morgan fingerprint density at radius 1 is 0.639 bits per heavy atom. The summed E-state index contributed by atoms with van der Waals surface area (Å²) in [6.07, 6.45) is 0. The number of anilines is 4. The molecule has 0 fully saturated rings. The first kappa shape index (κ1) is 22.8. The first-order valence-electron chi connectivity index (χ1n) is 11.3. The molecule has 0 aliphatic carbocycles.